The van der Waals surface area contributed by atoms with E-state index in [0.717, 1.165) is 0 Å². The van der Waals surface area contributed by atoms with Gasteiger partial charge in [0.2, 0.25) is 0 Å². The Labute approximate surface area is 99.6 Å². The molecular weight excluding hydrogens is 224 g/mol. The van der Waals surface area contributed by atoms with Crippen molar-refractivity contribution in [2.45, 2.75) is 19.4 Å². The van der Waals surface area contributed by atoms with E-state index in [1.807, 2.05) is 0 Å². The van der Waals surface area contributed by atoms with Crippen molar-refractivity contribution in [2.75, 3.05) is 13.7 Å². The van der Waals surface area contributed by atoms with Gasteiger partial charge in [-0.25, -0.2) is 4.79 Å². The average molecular weight is 240 g/mol. The van der Waals surface area contributed by atoms with Gasteiger partial charge in [-0.15, -0.1) is 0 Å². The molecule has 0 fully saturated rings. The summed E-state index contributed by atoms with van der Waals surface area (Å²) in [4.78, 5) is 11.0. The van der Waals surface area contributed by atoms with Gasteiger partial charge >= 0.3 is 5.97 Å². The molecule has 1 rings (SSSR count). The first-order valence-corrected chi connectivity index (χ1v) is 5.27. The zero-order valence-electron chi connectivity index (χ0n) is 9.84. The fourth-order valence-corrected chi connectivity index (χ4v) is 1.33. The molecule has 0 bridgehead atoms. The lowest BCUT2D eigenvalue weighted by Crippen LogP contribution is -2.10. The second kappa shape index (κ2) is 6.10. The Hall–Kier alpha value is -1.75. The molecule has 0 heterocycles. The number of para-hydroxylation sites is 1. The maximum atomic E-state index is 11.0. The summed E-state index contributed by atoms with van der Waals surface area (Å²) in [5.74, 6) is -0.505. The molecule has 0 saturated heterocycles. The molecule has 0 aromatic heterocycles. The van der Waals surface area contributed by atoms with Crippen LogP contribution in [0.3, 0.4) is 0 Å². The quantitative estimate of drug-likeness (QED) is 0.788. The normalized spacial score (nSPS) is 11.9. The first-order valence-electron chi connectivity index (χ1n) is 5.27. The fourth-order valence-electron chi connectivity index (χ4n) is 1.33. The zero-order valence-corrected chi connectivity index (χ0v) is 9.84. The SMILES string of the molecule is COc1cccc(C(=O)O)c1OCCC(C)O. The van der Waals surface area contributed by atoms with E-state index in [1.165, 1.54) is 13.2 Å². The summed E-state index contributed by atoms with van der Waals surface area (Å²) < 4.78 is 10.4. The summed E-state index contributed by atoms with van der Waals surface area (Å²) in [6.45, 7) is 1.88. The summed E-state index contributed by atoms with van der Waals surface area (Å²) in [6.07, 6.45) is -0.0603. The molecule has 0 radical (unpaired) electrons. The van der Waals surface area contributed by atoms with E-state index in [9.17, 15) is 4.79 Å². The van der Waals surface area contributed by atoms with Gasteiger partial charge in [0.05, 0.1) is 19.8 Å². The Balaban J connectivity index is 2.89. The Morgan fingerprint density at radius 2 is 2.18 bits per heavy atom. The summed E-state index contributed by atoms with van der Waals surface area (Å²) in [7, 11) is 1.45. The molecule has 94 valence electrons. The number of ether oxygens (including phenoxy) is 2. The van der Waals surface area contributed by atoms with E-state index >= 15 is 0 Å². The number of methoxy groups -OCH3 is 1. The molecule has 2 N–H and O–H groups in total. The number of rotatable bonds is 6. The van der Waals surface area contributed by atoms with Crippen LogP contribution in [0.25, 0.3) is 0 Å². The number of carbonyl (C=O) groups is 1. The number of hydrogen-bond acceptors (Lipinski definition) is 4. The number of benzene rings is 1. The predicted molar refractivity (Wildman–Crippen MR) is 61.7 cm³/mol. The van der Waals surface area contributed by atoms with Crippen molar-refractivity contribution in [3.63, 3.8) is 0 Å². The van der Waals surface area contributed by atoms with E-state index in [4.69, 9.17) is 19.7 Å². The molecule has 0 aliphatic carbocycles. The topological polar surface area (TPSA) is 76.0 Å². The third-order valence-electron chi connectivity index (χ3n) is 2.21. The van der Waals surface area contributed by atoms with Crippen LogP contribution >= 0.6 is 0 Å². The summed E-state index contributed by atoms with van der Waals surface area (Å²) in [6, 6.07) is 4.66. The maximum absolute atomic E-state index is 11.0. The van der Waals surface area contributed by atoms with Gasteiger partial charge in [-0.1, -0.05) is 6.07 Å². The molecule has 0 aliphatic rings. The van der Waals surface area contributed by atoms with Crippen molar-refractivity contribution >= 4 is 5.97 Å². The van der Waals surface area contributed by atoms with Crippen molar-refractivity contribution in [1.82, 2.24) is 0 Å². The summed E-state index contributed by atoms with van der Waals surface area (Å²) in [5, 5.41) is 18.1. The van der Waals surface area contributed by atoms with Gasteiger partial charge in [-0.3, -0.25) is 0 Å². The third kappa shape index (κ3) is 3.64. The lowest BCUT2D eigenvalue weighted by molar-refractivity contribution is 0.0690. The minimum absolute atomic E-state index is 0.0509. The first-order chi connectivity index (χ1) is 8.06. The first kappa shape index (κ1) is 13.3. The predicted octanol–water partition coefficient (Wildman–Crippen LogP) is 1.54. The van der Waals surface area contributed by atoms with Crippen LogP contribution in [0.15, 0.2) is 18.2 Å². The minimum atomic E-state index is -1.07. The molecule has 17 heavy (non-hydrogen) atoms. The number of aromatic carboxylic acids is 1. The number of aliphatic hydroxyl groups excluding tert-OH is 1. The largest absolute Gasteiger partial charge is 0.493 e. The van der Waals surface area contributed by atoms with Gasteiger partial charge in [-0.05, 0) is 19.1 Å². The molecular formula is C12H16O5. The van der Waals surface area contributed by atoms with Crippen molar-refractivity contribution in [3.05, 3.63) is 23.8 Å². The number of carboxylic acids is 1. The molecule has 1 aromatic rings. The van der Waals surface area contributed by atoms with E-state index in [-0.39, 0.29) is 17.9 Å². The number of aliphatic hydroxyl groups is 1. The average Bonchev–Trinajstić information content (AvgIpc) is 2.28. The maximum Gasteiger partial charge on any atom is 0.339 e. The molecule has 0 aliphatic heterocycles. The van der Waals surface area contributed by atoms with E-state index in [0.29, 0.717) is 12.2 Å². The van der Waals surface area contributed by atoms with E-state index < -0.39 is 12.1 Å². The van der Waals surface area contributed by atoms with E-state index in [2.05, 4.69) is 0 Å². The molecule has 0 saturated carbocycles. The lowest BCUT2D eigenvalue weighted by Gasteiger charge is -2.13. The molecule has 0 amide bonds. The van der Waals surface area contributed by atoms with Crippen LogP contribution in [0.1, 0.15) is 23.7 Å². The van der Waals surface area contributed by atoms with Crippen LogP contribution in [0.4, 0.5) is 0 Å². The van der Waals surface area contributed by atoms with Gasteiger partial charge in [0.25, 0.3) is 0 Å². The van der Waals surface area contributed by atoms with Gasteiger partial charge in [0.15, 0.2) is 11.5 Å². The molecule has 1 atom stereocenters. The Morgan fingerprint density at radius 1 is 1.47 bits per heavy atom. The second-order valence-electron chi connectivity index (χ2n) is 3.63. The zero-order chi connectivity index (χ0) is 12.8. The van der Waals surface area contributed by atoms with Crippen LogP contribution in [0, 0.1) is 0 Å². The third-order valence-corrected chi connectivity index (χ3v) is 2.21. The lowest BCUT2D eigenvalue weighted by atomic mass is 10.2. The summed E-state index contributed by atoms with van der Waals surface area (Å²) in [5.41, 5.74) is 0.0509. The van der Waals surface area contributed by atoms with Gasteiger partial charge in [-0.2, -0.15) is 0 Å². The van der Waals surface area contributed by atoms with Crippen molar-refractivity contribution in [2.24, 2.45) is 0 Å². The Bertz CT molecular complexity index is 386. The van der Waals surface area contributed by atoms with E-state index in [1.54, 1.807) is 19.1 Å². The number of hydrogen-bond donors (Lipinski definition) is 2. The minimum Gasteiger partial charge on any atom is -0.493 e. The van der Waals surface area contributed by atoms with Crippen LogP contribution in [-0.2, 0) is 0 Å². The molecule has 5 heteroatoms. The molecule has 5 nitrogen and oxygen atoms in total. The van der Waals surface area contributed by atoms with Crippen molar-refractivity contribution in [3.8, 4) is 11.5 Å². The highest BCUT2D eigenvalue weighted by atomic mass is 16.5. The van der Waals surface area contributed by atoms with Crippen LogP contribution in [0.5, 0.6) is 11.5 Å². The highest BCUT2D eigenvalue weighted by molar-refractivity contribution is 5.92. The Morgan fingerprint density at radius 3 is 2.71 bits per heavy atom. The molecule has 1 unspecified atom stereocenters. The fraction of sp³-hybridized carbons (Fsp3) is 0.417. The van der Waals surface area contributed by atoms with Gasteiger partial charge in [0.1, 0.15) is 5.56 Å². The van der Waals surface area contributed by atoms with Crippen LogP contribution < -0.4 is 9.47 Å². The molecule has 1 aromatic carbocycles. The van der Waals surface area contributed by atoms with Crippen molar-refractivity contribution < 1.29 is 24.5 Å². The smallest absolute Gasteiger partial charge is 0.339 e. The van der Waals surface area contributed by atoms with Crippen molar-refractivity contribution in [1.29, 1.82) is 0 Å². The standard InChI is InChI=1S/C12H16O5/c1-8(13)6-7-17-11-9(12(14)15)4-3-5-10(11)16-2/h3-5,8,13H,6-7H2,1-2H3,(H,14,15). The van der Waals surface area contributed by atoms with Gasteiger partial charge in [0, 0.05) is 6.42 Å². The summed E-state index contributed by atoms with van der Waals surface area (Å²) >= 11 is 0. The van der Waals surface area contributed by atoms with Gasteiger partial charge < -0.3 is 19.7 Å². The monoisotopic (exact) mass is 240 g/mol. The Kier molecular flexibility index (Phi) is 4.78. The number of carboxylic acid groups (broad SMARTS) is 1. The molecule has 0 spiro atoms. The highest BCUT2D eigenvalue weighted by Gasteiger charge is 2.16. The second-order valence-corrected chi connectivity index (χ2v) is 3.63. The van der Waals surface area contributed by atoms with Crippen LogP contribution in [0.2, 0.25) is 0 Å². The van der Waals surface area contributed by atoms with Crippen LogP contribution in [-0.4, -0.2) is 36.0 Å². The highest BCUT2D eigenvalue weighted by Crippen LogP contribution is 2.31.